The molecule has 4 heteroatoms. The van der Waals surface area contributed by atoms with Gasteiger partial charge in [0.1, 0.15) is 0 Å². The van der Waals surface area contributed by atoms with Crippen molar-refractivity contribution in [3.63, 3.8) is 0 Å². The van der Waals surface area contributed by atoms with E-state index in [0.29, 0.717) is 12.6 Å². The number of aryl methyl sites for hydroxylation is 2. The largest absolute Gasteiger partial charge is 0.351 e. The molecule has 4 nitrogen and oxygen atoms in total. The van der Waals surface area contributed by atoms with Crippen LogP contribution in [0.3, 0.4) is 0 Å². The fourth-order valence-corrected chi connectivity index (χ4v) is 1.54. The molecule has 0 aromatic carbocycles. The van der Waals surface area contributed by atoms with Gasteiger partial charge in [-0.15, -0.1) is 0 Å². The predicted octanol–water partition coefficient (Wildman–Crippen LogP) is 1.27. The minimum absolute atomic E-state index is 0.392. The lowest BCUT2D eigenvalue weighted by Gasteiger charge is -2.28. The summed E-state index contributed by atoms with van der Waals surface area (Å²) in [6.07, 6.45) is 1.79. The third kappa shape index (κ3) is 2.89. The van der Waals surface area contributed by atoms with Gasteiger partial charge < -0.3 is 10.6 Å². The first-order valence-corrected chi connectivity index (χ1v) is 5.33. The first-order valence-electron chi connectivity index (χ1n) is 5.33. The van der Waals surface area contributed by atoms with Crippen molar-refractivity contribution in [2.45, 2.75) is 33.7 Å². The summed E-state index contributed by atoms with van der Waals surface area (Å²) in [6.45, 7) is 9.66. The Labute approximate surface area is 91.5 Å². The van der Waals surface area contributed by atoms with Gasteiger partial charge in [-0.25, -0.2) is 4.98 Å². The number of anilines is 1. The molecular weight excluding hydrogens is 188 g/mol. The van der Waals surface area contributed by atoms with Crippen molar-refractivity contribution in [1.82, 2.24) is 9.97 Å². The van der Waals surface area contributed by atoms with Gasteiger partial charge in [-0.2, -0.15) is 0 Å². The van der Waals surface area contributed by atoms with Crippen LogP contribution >= 0.6 is 0 Å². The maximum atomic E-state index is 5.60. The smallest absolute Gasteiger partial charge is 0.150 e. The van der Waals surface area contributed by atoms with Crippen molar-refractivity contribution in [2.24, 2.45) is 5.73 Å². The zero-order chi connectivity index (χ0) is 11.4. The zero-order valence-electron chi connectivity index (χ0n) is 9.99. The third-order valence-corrected chi connectivity index (χ3v) is 2.32. The van der Waals surface area contributed by atoms with Crippen molar-refractivity contribution < 1.29 is 0 Å². The van der Waals surface area contributed by atoms with Crippen LogP contribution in [0.25, 0.3) is 0 Å². The lowest BCUT2D eigenvalue weighted by molar-refractivity contribution is 0.668. The molecule has 0 unspecified atom stereocenters. The zero-order valence-corrected chi connectivity index (χ0v) is 9.99. The molecule has 0 fully saturated rings. The van der Waals surface area contributed by atoms with E-state index in [-0.39, 0.29) is 0 Å². The molecule has 84 valence electrons. The number of aromatic nitrogens is 2. The van der Waals surface area contributed by atoms with Crippen molar-refractivity contribution in [2.75, 3.05) is 18.0 Å². The van der Waals surface area contributed by atoms with E-state index in [1.807, 2.05) is 13.8 Å². The number of hydrogen-bond donors (Lipinski definition) is 1. The van der Waals surface area contributed by atoms with Crippen LogP contribution in [0, 0.1) is 13.8 Å². The molecule has 0 aliphatic rings. The maximum Gasteiger partial charge on any atom is 0.150 e. The standard InChI is InChI=1S/C11H20N4/c1-8(2)15(6-5-12)11-10(4)13-7-9(3)14-11/h7-8H,5-6,12H2,1-4H3. The summed E-state index contributed by atoms with van der Waals surface area (Å²) in [5.41, 5.74) is 7.51. The van der Waals surface area contributed by atoms with Gasteiger partial charge in [-0.05, 0) is 27.7 Å². The topological polar surface area (TPSA) is 55.0 Å². The molecule has 0 aliphatic carbocycles. The fourth-order valence-electron chi connectivity index (χ4n) is 1.54. The molecule has 0 saturated heterocycles. The second-order valence-corrected chi connectivity index (χ2v) is 4.00. The average molecular weight is 208 g/mol. The molecule has 0 atom stereocenters. The molecule has 0 amide bonds. The number of rotatable bonds is 4. The lowest BCUT2D eigenvalue weighted by atomic mass is 10.3. The minimum Gasteiger partial charge on any atom is -0.351 e. The number of nitrogens with zero attached hydrogens (tertiary/aromatic N) is 3. The lowest BCUT2D eigenvalue weighted by Crippen LogP contribution is -2.36. The molecule has 2 N–H and O–H groups in total. The summed E-state index contributed by atoms with van der Waals surface area (Å²) in [5, 5.41) is 0. The van der Waals surface area contributed by atoms with Gasteiger partial charge in [-0.1, -0.05) is 0 Å². The summed E-state index contributed by atoms with van der Waals surface area (Å²) in [4.78, 5) is 11.0. The Balaban J connectivity index is 3.04. The van der Waals surface area contributed by atoms with E-state index >= 15 is 0 Å². The number of hydrogen-bond acceptors (Lipinski definition) is 4. The van der Waals surface area contributed by atoms with Gasteiger partial charge in [0, 0.05) is 25.3 Å². The molecule has 1 heterocycles. The van der Waals surface area contributed by atoms with Gasteiger partial charge in [-0.3, -0.25) is 4.98 Å². The molecule has 0 bridgehead atoms. The number of nitrogens with two attached hydrogens (primary N) is 1. The maximum absolute atomic E-state index is 5.60. The molecule has 0 aliphatic heterocycles. The van der Waals surface area contributed by atoms with E-state index in [1.54, 1.807) is 6.20 Å². The van der Waals surface area contributed by atoms with Gasteiger partial charge >= 0.3 is 0 Å². The van der Waals surface area contributed by atoms with E-state index in [0.717, 1.165) is 23.8 Å². The highest BCUT2D eigenvalue weighted by molar-refractivity contribution is 5.44. The molecule has 0 saturated carbocycles. The second kappa shape index (κ2) is 5.07. The van der Waals surface area contributed by atoms with Crippen LogP contribution in [0.5, 0.6) is 0 Å². The SMILES string of the molecule is Cc1cnc(C)c(N(CCN)C(C)C)n1. The van der Waals surface area contributed by atoms with Crippen molar-refractivity contribution in [3.8, 4) is 0 Å². The Morgan fingerprint density at radius 2 is 2.07 bits per heavy atom. The van der Waals surface area contributed by atoms with Crippen molar-refractivity contribution >= 4 is 5.82 Å². The van der Waals surface area contributed by atoms with Crippen LogP contribution in [0.4, 0.5) is 5.82 Å². The molecule has 0 radical (unpaired) electrons. The Hall–Kier alpha value is -1.16. The van der Waals surface area contributed by atoms with Crippen LogP contribution in [-0.2, 0) is 0 Å². The van der Waals surface area contributed by atoms with Crippen LogP contribution in [0.2, 0.25) is 0 Å². The quantitative estimate of drug-likeness (QED) is 0.809. The Morgan fingerprint density at radius 1 is 1.40 bits per heavy atom. The molecule has 1 rings (SSSR count). The molecular formula is C11H20N4. The van der Waals surface area contributed by atoms with E-state index in [2.05, 4.69) is 28.7 Å². The summed E-state index contributed by atoms with van der Waals surface area (Å²) in [6, 6.07) is 0.392. The van der Waals surface area contributed by atoms with Gasteiger partial charge in [0.15, 0.2) is 5.82 Å². The van der Waals surface area contributed by atoms with Crippen LogP contribution in [-0.4, -0.2) is 29.1 Å². The van der Waals surface area contributed by atoms with Gasteiger partial charge in [0.2, 0.25) is 0 Å². The third-order valence-electron chi connectivity index (χ3n) is 2.32. The fraction of sp³-hybridized carbons (Fsp3) is 0.636. The summed E-state index contributed by atoms with van der Waals surface area (Å²) in [5.74, 6) is 0.954. The summed E-state index contributed by atoms with van der Waals surface area (Å²) < 4.78 is 0. The molecule has 15 heavy (non-hydrogen) atoms. The monoisotopic (exact) mass is 208 g/mol. The van der Waals surface area contributed by atoms with Crippen molar-refractivity contribution in [1.29, 1.82) is 0 Å². The van der Waals surface area contributed by atoms with Crippen LogP contribution in [0.1, 0.15) is 25.2 Å². The molecule has 0 spiro atoms. The van der Waals surface area contributed by atoms with Crippen LogP contribution in [0.15, 0.2) is 6.20 Å². The minimum atomic E-state index is 0.392. The highest BCUT2D eigenvalue weighted by atomic mass is 15.2. The van der Waals surface area contributed by atoms with E-state index in [1.165, 1.54) is 0 Å². The Bertz CT molecular complexity index is 322. The van der Waals surface area contributed by atoms with E-state index < -0.39 is 0 Å². The second-order valence-electron chi connectivity index (χ2n) is 4.00. The highest BCUT2D eigenvalue weighted by Crippen LogP contribution is 2.17. The highest BCUT2D eigenvalue weighted by Gasteiger charge is 2.14. The molecule has 1 aromatic heterocycles. The predicted molar refractivity (Wildman–Crippen MR) is 63.0 cm³/mol. The Kier molecular flexibility index (Phi) is 4.03. The van der Waals surface area contributed by atoms with Gasteiger partial charge in [0.05, 0.1) is 11.4 Å². The van der Waals surface area contributed by atoms with Crippen LogP contribution < -0.4 is 10.6 Å². The average Bonchev–Trinajstić information content (AvgIpc) is 2.18. The summed E-state index contributed by atoms with van der Waals surface area (Å²) in [7, 11) is 0. The van der Waals surface area contributed by atoms with Crippen molar-refractivity contribution in [3.05, 3.63) is 17.6 Å². The summed E-state index contributed by atoms with van der Waals surface area (Å²) >= 11 is 0. The molecule has 1 aromatic rings. The van der Waals surface area contributed by atoms with E-state index in [9.17, 15) is 0 Å². The normalized spacial score (nSPS) is 10.8. The van der Waals surface area contributed by atoms with Gasteiger partial charge in [0.25, 0.3) is 0 Å². The first kappa shape index (κ1) is 11.9. The first-order chi connectivity index (χ1) is 7.06. The van der Waals surface area contributed by atoms with E-state index in [4.69, 9.17) is 5.73 Å². The Morgan fingerprint density at radius 3 is 2.60 bits per heavy atom.